The van der Waals surface area contributed by atoms with Crippen LogP contribution in [0.25, 0.3) is 16.9 Å². The van der Waals surface area contributed by atoms with Crippen molar-refractivity contribution in [3.8, 4) is 16.9 Å². The van der Waals surface area contributed by atoms with Gasteiger partial charge in [-0.2, -0.15) is 10.2 Å². The van der Waals surface area contributed by atoms with Crippen LogP contribution in [0, 0.1) is 0 Å². The van der Waals surface area contributed by atoms with Gasteiger partial charge in [-0.05, 0) is 36.4 Å². The SMILES string of the molecule is O=C(NN=Cc1cn(-c2ccccc2)nc1-c1ccccc1)C(=O)Nc1ccc(Br)cc1. The van der Waals surface area contributed by atoms with Gasteiger partial charge in [-0.1, -0.05) is 64.5 Å². The molecule has 7 nitrogen and oxygen atoms in total. The van der Waals surface area contributed by atoms with Gasteiger partial charge in [0, 0.05) is 27.5 Å². The van der Waals surface area contributed by atoms with E-state index in [0.717, 1.165) is 15.7 Å². The molecule has 4 rings (SSSR count). The number of hydrazone groups is 1. The number of para-hydroxylation sites is 1. The molecule has 0 unspecified atom stereocenters. The van der Waals surface area contributed by atoms with Crippen molar-refractivity contribution >= 4 is 39.6 Å². The minimum Gasteiger partial charge on any atom is -0.318 e. The minimum atomic E-state index is -0.874. The van der Waals surface area contributed by atoms with Gasteiger partial charge in [-0.15, -0.1) is 0 Å². The Hall–Kier alpha value is -4.04. The molecule has 32 heavy (non-hydrogen) atoms. The Morgan fingerprint density at radius 1 is 0.875 bits per heavy atom. The van der Waals surface area contributed by atoms with Crippen LogP contribution in [0.5, 0.6) is 0 Å². The predicted octanol–water partition coefficient (Wildman–Crippen LogP) is 4.39. The van der Waals surface area contributed by atoms with Crippen LogP contribution in [0.3, 0.4) is 0 Å². The van der Waals surface area contributed by atoms with Crippen molar-refractivity contribution in [3.63, 3.8) is 0 Å². The molecule has 0 radical (unpaired) electrons. The molecule has 0 aliphatic heterocycles. The molecule has 4 aromatic rings. The molecular weight excluding hydrogens is 470 g/mol. The summed E-state index contributed by atoms with van der Waals surface area (Å²) in [4.78, 5) is 24.2. The molecule has 0 saturated carbocycles. The van der Waals surface area contributed by atoms with Crippen LogP contribution in [0.4, 0.5) is 5.69 Å². The van der Waals surface area contributed by atoms with Gasteiger partial charge in [0.05, 0.1) is 11.9 Å². The van der Waals surface area contributed by atoms with E-state index in [4.69, 9.17) is 0 Å². The minimum absolute atomic E-state index is 0.507. The molecule has 0 atom stereocenters. The first-order valence-corrected chi connectivity index (χ1v) is 10.5. The lowest BCUT2D eigenvalue weighted by molar-refractivity contribution is -0.136. The highest BCUT2D eigenvalue weighted by molar-refractivity contribution is 9.10. The van der Waals surface area contributed by atoms with Crippen molar-refractivity contribution in [1.29, 1.82) is 0 Å². The van der Waals surface area contributed by atoms with Crippen LogP contribution >= 0.6 is 15.9 Å². The van der Waals surface area contributed by atoms with Crippen LogP contribution in [-0.4, -0.2) is 27.8 Å². The van der Waals surface area contributed by atoms with Gasteiger partial charge in [-0.25, -0.2) is 10.1 Å². The van der Waals surface area contributed by atoms with E-state index in [0.29, 0.717) is 16.9 Å². The molecule has 1 aromatic heterocycles. The maximum Gasteiger partial charge on any atom is 0.329 e. The molecule has 0 bridgehead atoms. The summed E-state index contributed by atoms with van der Waals surface area (Å²) >= 11 is 3.32. The molecule has 2 N–H and O–H groups in total. The first-order valence-electron chi connectivity index (χ1n) is 9.70. The molecular formula is C24H18BrN5O2. The van der Waals surface area contributed by atoms with Gasteiger partial charge in [-0.3, -0.25) is 9.59 Å². The van der Waals surface area contributed by atoms with E-state index in [2.05, 4.69) is 36.9 Å². The normalized spacial score (nSPS) is 10.8. The smallest absolute Gasteiger partial charge is 0.318 e. The topological polar surface area (TPSA) is 88.4 Å². The summed E-state index contributed by atoms with van der Waals surface area (Å²) in [5.74, 6) is -1.69. The Morgan fingerprint density at radius 2 is 1.53 bits per heavy atom. The zero-order valence-electron chi connectivity index (χ0n) is 16.8. The summed E-state index contributed by atoms with van der Waals surface area (Å²) in [6, 6.07) is 26.2. The number of nitrogens with zero attached hydrogens (tertiary/aromatic N) is 3. The first-order chi connectivity index (χ1) is 15.6. The number of amides is 2. The third kappa shape index (κ3) is 5.16. The maximum atomic E-state index is 12.1. The quantitative estimate of drug-likeness (QED) is 0.248. The van der Waals surface area contributed by atoms with E-state index >= 15 is 0 Å². The van der Waals surface area contributed by atoms with Crippen molar-refractivity contribution in [3.05, 3.63) is 101 Å². The Bertz CT molecular complexity index is 1250. The number of carbonyl (C=O) groups excluding carboxylic acids is 2. The van der Waals surface area contributed by atoms with E-state index in [-0.39, 0.29) is 0 Å². The number of rotatable bonds is 5. The fraction of sp³-hybridized carbons (Fsp3) is 0. The van der Waals surface area contributed by atoms with Gasteiger partial charge in [0.25, 0.3) is 0 Å². The fourth-order valence-corrected chi connectivity index (χ4v) is 3.21. The second-order valence-corrected chi connectivity index (χ2v) is 7.66. The highest BCUT2D eigenvalue weighted by Crippen LogP contribution is 2.22. The van der Waals surface area contributed by atoms with Gasteiger partial charge in [0.1, 0.15) is 5.69 Å². The third-order valence-corrected chi connectivity index (χ3v) is 5.02. The number of aromatic nitrogens is 2. The average Bonchev–Trinajstić information content (AvgIpc) is 3.26. The molecule has 158 valence electrons. The summed E-state index contributed by atoms with van der Waals surface area (Å²) in [6.07, 6.45) is 3.29. The highest BCUT2D eigenvalue weighted by atomic mass is 79.9. The highest BCUT2D eigenvalue weighted by Gasteiger charge is 2.14. The Morgan fingerprint density at radius 3 is 2.22 bits per heavy atom. The van der Waals surface area contributed by atoms with Crippen molar-refractivity contribution in [1.82, 2.24) is 15.2 Å². The lowest BCUT2D eigenvalue weighted by Gasteiger charge is -2.03. The zero-order chi connectivity index (χ0) is 22.3. The summed E-state index contributed by atoms with van der Waals surface area (Å²) < 4.78 is 2.61. The van der Waals surface area contributed by atoms with Crippen molar-refractivity contribution < 1.29 is 9.59 Å². The largest absolute Gasteiger partial charge is 0.329 e. The number of benzene rings is 3. The third-order valence-electron chi connectivity index (χ3n) is 4.49. The summed E-state index contributed by atoms with van der Waals surface area (Å²) in [5.41, 5.74) is 5.96. The van der Waals surface area contributed by atoms with E-state index in [9.17, 15) is 9.59 Å². The number of anilines is 1. The molecule has 0 spiro atoms. The van der Waals surface area contributed by atoms with Crippen molar-refractivity contribution in [2.75, 3.05) is 5.32 Å². The molecule has 0 aliphatic rings. The lowest BCUT2D eigenvalue weighted by atomic mass is 10.1. The van der Waals surface area contributed by atoms with Crippen LogP contribution in [0.1, 0.15) is 5.56 Å². The Kier molecular flexibility index (Phi) is 6.52. The summed E-state index contributed by atoms with van der Waals surface area (Å²) in [7, 11) is 0. The first kappa shape index (κ1) is 21.2. The molecule has 3 aromatic carbocycles. The maximum absolute atomic E-state index is 12.1. The molecule has 1 heterocycles. The molecule has 2 amide bonds. The standard InChI is InChI=1S/C24H18BrN5O2/c25-19-11-13-20(14-12-19)27-23(31)24(32)28-26-15-18-16-30(21-9-5-2-6-10-21)29-22(18)17-7-3-1-4-8-17/h1-16H,(H,27,31)(H,28,32). The number of nitrogens with one attached hydrogen (secondary N) is 2. The summed E-state index contributed by atoms with van der Waals surface area (Å²) in [6.45, 7) is 0. The number of halogens is 1. The molecule has 0 fully saturated rings. The van der Waals surface area contributed by atoms with Crippen LogP contribution in [0.2, 0.25) is 0 Å². The lowest BCUT2D eigenvalue weighted by Crippen LogP contribution is -2.32. The molecule has 8 heteroatoms. The summed E-state index contributed by atoms with van der Waals surface area (Å²) in [5, 5.41) is 11.2. The van der Waals surface area contributed by atoms with Crippen LogP contribution < -0.4 is 10.7 Å². The number of carbonyl (C=O) groups is 2. The number of hydrogen-bond donors (Lipinski definition) is 2. The van der Waals surface area contributed by atoms with Crippen LogP contribution in [-0.2, 0) is 9.59 Å². The van der Waals surface area contributed by atoms with E-state index in [1.54, 1.807) is 28.9 Å². The van der Waals surface area contributed by atoms with Gasteiger partial charge in [0.2, 0.25) is 0 Å². The van der Waals surface area contributed by atoms with Gasteiger partial charge < -0.3 is 5.32 Å². The van der Waals surface area contributed by atoms with E-state index in [1.165, 1.54) is 6.21 Å². The van der Waals surface area contributed by atoms with Crippen LogP contribution in [0.15, 0.2) is 101 Å². The molecule has 0 saturated heterocycles. The zero-order valence-corrected chi connectivity index (χ0v) is 18.4. The van der Waals surface area contributed by atoms with Gasteiger partial charge in [0.15, 0.2) is 0 Å². The Balaban J connectivity index is 1.51. The second-order valence-electron chi connectivity index (χ2n) is 6.74. The number of hydrogen-bond acceptors (Lipinski definition) is 4. The van der Waals surface area contributed by atoms with Crippen molar-refractivity contribution in [2.24, 2.45) is 5.10 Å². The fourth-order valence-electron chi connectivity index (χ4n) is 2.95. The van der Waals surface area contributed by atoms with E-state index < -0.39 is 11.8 Å². The second kappa shape index (κ2) is 9.84. The monoisotopic (exact) mass is 487 g/mol. The van der Waals surface area contributed by atoms with Crippen molar-refractivity contribution in [2.45, 2.75) is 0 Å². The predicted molar refractivity (Wildman–Crippen MR) is 128 cm³/mol. The Labute approximate surface area is 192 Å². The average molecular weight is 488 g/mol. The molecule has 0 aliphatic carbocycles. The van der Waals surface area contributed by atoms with E-state index in [1.807, 2.05) is 66.9 Å². The van der Waals surface area contributed by atoms with Gasteiger partial charge >= 0.3 is 11.8 Å².